The van der Waals surface area contributed by atoms with Gasteiger partial charge in [-0.3, -0.25) is 0 Å². The molecule has 0 fully saturated rings. The van der Waals surface area contributed by atoms with Crippen molar-refractivity contribution in [2.75, 3.05) is 15.1 Å². The van der Waals surface area contributed by atoms with Crippen LogP contribution < -0.4 is 15.1 Å². The van der Waals surface area contributed by atoms with Crippen LogP contribution in [-0.4, -0.2) is 9.13 Å². The van der Waals surface area contributed by atoms with Gasteiger partial charge >= 0.3 is 0 Å². The van der Waals surface area contributed by atoms with Crippen LogP contribution in [-0.2, 0) is 41.2 Å². The van der Waals surface area contributed by atoms with E-state index >= 15 is 0 Å². The van der Waals surface area contributed by atoms with Gasteiger partial charge in [-0.1, -0.05) is 395 Å². The number of halogens is 2. The molecule has 0 bridgehead atoms. The molecule has 0 saturated carbocycles. The highest BCUT2D eigenvalue weighted by Crippen LogP contribution is 2.68. The fourth-order valence-corrected chi connectivity index (χ4v) is 23.8. The Kier molecular flexibility index (Phi) is 22.1. The molecule has 2 spiro atoms. The van der Waals surface area contributed by atoms with Crippen molar-refractivity contribution in [2.24, 2.45) is 14.1 Å². The maximum absolute atomic E-state index is 4.02. The molecule has 0 saturated heterocycles. The molecule has 5 nitrogen and oxygen atoms in total. The average molecular weight is 1910 g/mol. The number of fused-ring (bicyclic) bond motifs is 28. The number of nitrogens with one attached hydrogen (secondary N) is 1. The molecule has 4 aliphatic rings. The van der Waals surface area contributed by atoms with Crippen LogP contribution in [0.5, 0.6) is 0 Å². The van der Waals surface area contributed by atoms with Crippen molar-refractivity contribution >= 4 is 121 Å². The minimum Gasteiger partial charge on any atom is -0.356 e. The molecular formula is C131H109Br2N5. The van der Waals surface area contributed by atoms with Crippen molar-refractivity contribution in [1.82, 2.24) is 9.13 Å². The summed E-state index contributed by atoms with van der Waals surface area (Å²) in [7, 11) is 4.44. The summed E-state index contributed by atoms with van der Waals surface area (Å²) in [4.78, 5) is 4.99. The van der Waals surface area contributed by atoms with Crippen molar-refractivity contribution in [3.63, 3.8) is 0 Å². The number of benzene rings is 19. The van der Waals surface area contributed by atoms with Crippen molar-refractivity contribution in [2.45, 2.75) is 96.8 Å². The van der Waals surface area contributed by atoms with Gasteiger partial charge < -0.3 is 24.3 Å². The van der Waals surface area contributed by atoms with Gasteiger partial charge in [-0.2, -0.15) is 0 Å². The molecule has 7 heteroatoms. The molecule has 0 unspecified atom stereocenters. The highest BCUT2D eigenvalue weighted by Gasteiger charge is 2.55. The maximum atomic E-state index is 4.02. The molecule has 19 aromatic carbocycles. The van der Waals surface area contributed by atoms with Crippen LogP contribution in [0.15, 0.2) is 440 Å². The lowest BCUT2D eigenvalue weighted by Gasteiger charge is -2.34. The average Bonchev–Trinajstić information content (AvgIpc) is 1.49. The molecule has 138 heavy (non-hydrogen) atoms. The zero-order valence-corrected chi connectivity index (χ0v) is 82.2. The second kappa shape index (κ2) is 34.4. The van der Waals surface area contributed by atoms with E-state index in [9.17, 15) is 0 Å². The maximum Gasteiger partial charge on any atom is 0.0740 e. The Morgan fingerprint density at radius 1 is 0.254 bits per heavy atom. The Hall–Kier alpha value is -14.9. The summed E-state index contributed by atoms with van der Waals surface area (Å²) in [5.74, 6) is 0. The molecule has 0 aliphatic heterocycles. The first kappa shape index (κ1) is 88.4. The molecule has 1 N–H and O–H groups in total. The predicted octanol–water partition coefficient (Wildman–Crippen LogP) is 36.8. The van der Waals surface area contributed by atoms with Crippen LogP contribution in [0.2, 0.25) is 0 Å². The summed E-state index contributed by atoms with van der Waals surface area (Å²) >= 11 is 7.83. The van der Waals surface area contributed by atoms with E-state index in [0.29, 0.717) is 0 Å². The number of rotatable bonds is 11. The van der Waals surface area contributed by atoms with E-state index in [1.165, 1.54) is 183 Å². The molecule has 4 aliphatic carbocycles. The van der Waals surface area contributed by atoms with Crippen LogP contribution in [0.25, 0.3) is 122 Å². The van der Waals surface area contributed by atoms with E-state index < -0.39 is 5.41 Å². The Morgan fingerprint density at radius 2 is 0.558 bits per heavy atom. The van der Waals surface area contributed by atoms with Gasteiger partial charge in [-0.15, -0.1) is 0 Å². The van der Waals surface area contributed by atoms with E-state index in [1.807, 2.05) is 6.07 Å². The summed E-state index contributed by atoms with van der Waals surface area (Å²) in [6.07, 6.45) is 0. The van der Waals surface area contributed by atoms with Crippen molar-refractivity contribution in [3.8, 4) is 77.9 Å². The van der Waals surface area contributed by atoms with Crippen LogP contribution in [0.1, 0.15) is 131 Å². The highest BCUT2D eigenvalue weighted by molar-refractivity contribution is 9.11. The molecule has 2 heterocycles. The van der Waals surface area contributed by atoms with Crippen LogP contribution in [0.4, 0.5) is 45.5 Å². The fourth-order valence-electron chi connectivity index (χ4n) is 22.7. The molecule has 2 aromatic heterocycles. The van der Waals surface area contributed by atoms with Crippen LogP contribution >= 0.6 is 31.9 Å². The third-order valence-corrected chi connectivity index (χ3v) is 30.4. The second-order valence-electron chi connectivity index (χ2n) is 40.3. The Labute approximate surface area is 828 Å². The highest BCUT2D eigenvalue weighted by atomic mass is 79.9. The monoisotopic (exact) mass is 1910 g/mol. The Morgan fingerprint density at radius 3 is 0.971 bits per heavy atom. The number of anilines is 8. The van der Waals surface area contributed by atoms with Crippen LogP contribution in [0, 0.1) is 0 Å². The quantitative estimate of drug-likeness (QED) is 0.140. The largest absolute Gasteiger partial charge is 0.356 e. The summed E-state index contributed by atoms with van der Waals surface area (Å²) in [6.45, 7) is 20.5. The number of hydrogen-bond acceptors (Lipinski definition) is 3. The number of aryl methyl sites for hydroxylation is 2. The minimum absolute atomic E-state index is 0. The Balaban J connectivity index is 0.000000151. The molecule has 0 radical (unpaired) electrons. The lowest BCUT2D eigenvalue weighted by Crippen LogP contribution is -2.26. The summed E-state index contributed by atoms with van der Waals surface area (Å²) in [5, 5.41) is 8.60. The summed E-state index contributed by atoms with van der Waals surface area (Å²) in [5.41, 5.74) is 45.2. The van der Waals surface area contributed by atoms with E-state index in [1.54, 1.807) is 0 Å². The van der Waals surface area contributed by atoms with Crippen molar-refractivity contribution in [1.29, 1.82) is 0 Å². The molecule has 21 aromatic rings. The van der Waals surface area contributed by atoms with E-state index in [-0.39, 0.29) is 29.1 Å². The molecule has 25 rings (SSSR count). The van der Waals surface area contributed by atoms with E-state index in [2.05, 4.69) is 557 Å². The van der Waals surface area contributed by atoms with Gasteiger partial charge in [0.2, 0.25) is 0 Å². The lowest BCUT2D eigenvalue weighted by molar-refractivity contribution is 0.590. The van der Waals surface area contributed by atoms with Crippen LogP contribution in [0.3, 0.4) is 0 Å². The van der Waals surface area contributed by atoms with Gasteiger partial charge in [0.15, 0.2) is 0 Å². The van der Waals surface area contributed by atoms with Gasteiger partial charge in [0.05, 0.1) is 27.6 Å². The van der Waals surface area contributed by atoms with Gasteiger partial charge in [0.25, 0.3) is 0 Å². The van der Waals surface area contributed by atoms with Gasteiger partial charge in [0.1, 0.15) is 0 Å². The van der Waals surface area contributed by atoms with Gasteiger partial charge in [-0.05, 0) is 293 Å². The van der Waals surface area contributed by atoms with E-state index in [0.717, 1.165) is 54.4 Å². The second-order valence-corrected chi connectivity index (χ2v) is 42.1. The molecule has 672 valence electrons. The smallest absolute Gasteiger partial charge is 0.0740 e. The number of nitrogens with zero attached hydrogens (tertiary/aromatic N) is 4. The van der Waals surface area contributed by atoms with Crippen molar-refractivity contribution < 1.29 is 0 Å². The first-order chi connectivity index (χ1) is 66.5. The first-order valence-electron chi connectivity index (χ1n) is 47.8. The normalized spacial score (nSPS) is 13.0. The number of aromatic nitrogens is 2. The predicted molar refractivity (Wildman–Crippen MR) is 594 cm³/mol. The SMILES string of the molecule is C.CC(C)(C)c1ccc(Nc2ccc(-c3ccccc3)cc2)cc1.Cn1c2ccccc2c2c3c(cc(Br)c21)C1(c2ccccc2-c2ccccc21)c1cc(Br)ccc1-3.Cn1c2ccccc2c2c3c(cc(N(c4ccc(-c5ccccc5)cc4)c4ccc(C(C)(C)C)cc4)c21)C1(c2ccccc2-c2ccccc21)c1cc(N(c2ccc(-c4ccccc4)cc2)c2ccc(C(C)(C)C)cc2)ccc1-3. The van der Waals surface area contributed by atoms with Gasteiger partial charge in [0, 0.05) is 95.4 Å². The minimum atomic E-state index is -0.675. The van der Waals surface area contributed by atoms with E-state index in [4.69, 9.17) is 0 Å². The summed E-state index contributed by atoms with van der Waals surface area (Å²) in [6, 6.07) is 159. The number of hydrogen-bond donors (Lipinski definition) is 1. The molecule has 0 atom stereocenters. The zero-order valence-electron chi connectivity index (χ0n) is 79.0. The first-order valence-corrected chi connectivity index (χ1v) is 49.3. The van der Waals surface area contributed by atoms with Gasteiger partial charge in [-0.25, -0.2) is 0 Å². The summed E-state index contributed by atoms with van der Waals surface area (Å²) < 4.78 is 7.03. The standard InChI is InChI=1S/C76H63N3.C32H19Br2N.C22H23N.CH4/c1-74(2,3)54-34-42-57(43-35-54)78(56-38-30-52(31-39-56)50-20-10-8-11-21-50)60-46-47-63-67(48-60)76(65-27-17-14-24-61(65)62-25-15-18-28-66(62)76)68-49-70(73-72(71(63)68)64-26-16-19-29-69(64)77(73)7)79(59-44-36-55(37-45-59)75(4,5)6)58-40-32-53(33-41-58)51-22-12-9-13-23-51;1-35-28-13-7-4-10-22(28)30-29-21-15-14-18(33)16-25(21)32(26(29)17-27(34)31(30)35)23-11-5-2-8-19(23)20-9-3-6-12-24(20)32;1-22(2,3)19-11-15-21(16-12-19)23-20-13-9-18(10-14-20)17-7-5-4-6-8-17;/h8-49H,1-7H3;2-17H,1H3;4-16,23H,1-3H3;1H4. The third-order valence-electron chi connectivity index (χ3n) is 29.3. The topological polar surface area (TPSA) is 28.4 Å². The lowest BCUT2D eigenvalue weighted by atomic mass is 9.70. The van der Waals surface area contributed by atoms with Crippen molar-refractivity contribution in [3.05, 3.63) is 501 Å². The number of para-hydroxylation sites is 2. The third kappa shape index (κ3) is 14.5. The zero-order chi connectivity index (χ0) is 93.5. The Bertz CT molecular complexity index is 8190. The fraction of sp³-hybridized carbons (Fsp3) is 0.130. The molecule has 0 amide bonds. The molecular weight excluding hydrogens is 1800 g/mol.